The number of pyridine rings is 1. The van der Waals surface area contributed by atoms with E-state index in [1.807, 2.05) is 24.4 Å². The molecule has 0 unspecified atom stereocenters. The molecule has 0 amide bonds. The van der Waals surface area contributed by atoms with Crippen LogP contribution in [0.4, 0.5) is 0 Å². The molecule has 0 radical (unpaired) electrons. The first kappa shape index (κ1) is 12.1. The summed E-state index contributed by atoms with van der Waals surface area (Å²) in [5.41, 5.74) is 2.42. The second-order valence-corrected chi connectivity index (χ2v) is 4.30. The minimum Gasteiger partial charge on any atom is -0.493 e. The first-order valence-corrected chi connectivity index (χ1v) is 6.67. The van der Waals surface area contributed by atoms with Crippen molar-refractivity contribution in [3.63, 3.8) is 0 Å². The van der Waals surface area contributed by atoms with Crippen molar-refractivity contribution in [1.82, 2.24) is 4.98 Å². The Bertz CT molecular complexity index is 459. The first-order chi connectivity index (χ1) is 8.38. The Morgan fingerprint density at radius 2 is 2.00 bits per heavy atom. The molecule has 2 aromatic rings. The molecular formula is C14H14BrNO. The molecule has 1 heterocycles. The van der Waals surface area contributed by atoms with E-state index in [9.17, 15) is 0 Å². The van der Waals surface area contributed by atoms with Crippen LogP contribution < -0.4 is 4.74 Å². The third kappa shape index (κ3) is 3.86. The average Bonchev–Trinajstić information content (AvgIpc) is 2.40. The monoisotopic (exact) mass is 291 g/mol. The van der Waals surface area contributed by atoms with Gasteiger partial charge in [0.1, 0.15) is 5.75 Å². The number of rotatable bonds is 5. The van der Waals surface area contributed by atoms with Gasteiger partial charge in [0.25, 0.3) is 0 Å². The molecule has 88 valence electrons. The summed E-state index contributed by atoms with van der Waals surface area (Å²) in [5, 5.41) is 0.854. The fourth-order valence-corrected chi connectivity index (χ4v) is 1.90. The first-order valence-electron chi connectivity index (χ1n) is 5.55. The van der Waals surface area contributed by atoms with Crippen LogP contribution >= 0.6 is 15.9 Å². The highest BCUT2D eigenvalue weighted by molar-refractivity contribution is 9.08. The smallest absolute Gasteiger partial charge is 0.119 e. The number of hydrogen-bond donors (Lipinski definition) is 0. The number of halogens is 1. The van der Waals surface area contributed by atoms with E-state index in [4.69, 9.17) is 4.74 Å². The maximum atomic E-state index is 5.70. The Kier molecular flexibility index (Phi) is 4.56. The van der Waals surface area contributed by atoms with Crippen molar-refractivity contribution in [2.45, 2.75) is 11.8 Å². The number of aromatic nitrogens is 1. The Morgan fingerprint density at radius 3 is 2.76 bits per heavy atom. The van der Waals surface area contributed by atoms with Crippen LogP contribution in [0.15, 0.2) is 48.8 Å². The lowest BCUT2D eigenvalue weighted by molar-refractivity contribution is 0.321. The molecule has 17 heavy (non-hydrogen) atoms. The quantitative estimate of drug-likeness (QED) is 0.786. The van der Waals surface area contributed by atoms with Gasteiger partial charge in [0.05, 0.1) is 6.61 Å². The molecule has 0 aliphatic heterocycles. The van der Waals surface area contributed by atoms with Crippen LogP contribution in [0.3, 0.4) is 0 Å². The fraction of sp³-hybridized carbons (Fsp3) is 0.214. The molecule has 2 nitrogen and oxygen atoms in total. The molecule has 0 fully saturated rings. The van der Waals surface area contributed by atoms with Crippen molar-refractivity contribution in [1.29, 1.82) is 0 Å². The second-order valence-electron chi connectivity index (χ2n) is 3.74. The zero-order valence-corrected chi connectivity index (χ0v) is 11.1. The van der Waals surface area contributed by atoms with Gasteiger partial charge in [0.2, 0.25) is 0 Å². The summed E-state index contributed by atoms with van der Waals surface area (Å²) in [4.78, 5) is 4.08. The molecule has 0 bridgehead atoms. The number of nitrogens with zero attached hydrogens (tertiary/aromatic N) is 1. The minimum absolute atomic E-state index is 0.678. The van der Waals surface area contributed by atoms with Crippen molar-refractivity contribution < 1.29 is 4.74 Å². The van der Waals surface area contributed by atoms with Gasteiger partial charge in [-0.1, -0.05) is 34.1 Å². The predicted octanol–water partition coefficient (Wildman–Crippen LogP) is 3.60. The van der Waals surface area contributed by atoms with Crippen LogP contribution in [0.25, 0.3) is 0 Å². The van der Waals surface area contributed by atoms with Gasteiger partial charge in [-0.25, -0.2) is 0 Å². The molecule has 1 aromatic heterocycles. The maximum Gasteiger partial charge on any atom is 0.119 e. The summed E-state index contributed by atoms with van der Waals surface area (Å²) in [5.74, 6) is 0.922. The lowest BCUT2D eigenvalue weighted by Gasteiger charge is -2.07. The fourth-order valence-electron chi connectivity index (χ4n) is 1.55. The Labute approximate surface area is 110 Å². The number of hydrogen-bond acceptors (Lipinski definition) is 2. The lowest BCUT2D eigenvalue weighted by atomic mass is 10.2. The normalized spacial score (nSPS) is 10.2. The van der Waals surface area contributed by atoms with Crippen LogP contribution in [0.1, 0.15) is 11.1 Å². The van der Waals surface area contributed by atoms with E-state index in [-0.39, 0.29) is 0 Å². The summed E-state index contributed by atoms with van der Waals surface area (Å²) in [7, 11) is 0. The van der Waals surface area contributed by atoms with Crippen molar-refractivity contribution in [2.75, 3.05) is 6.61 Å². The molecule has 0 aliphatic carbocycles. The van der Waals surface area contributed by atoms with Crippen molar-refractivity contribution >= 4 is 15.9 Å². The molecule has 0 N–H and O–H groups in total. The second kappa shape index (κ2) is 6.40. The van der Waals surface area contributed by atoms with Gasteiger partial charge in [0, 0.05) is 24.1 Å². The van der Waals surface area contributed by atoms with Crippen molar-refractivity contribution in [2.24, 2.45) is 0 Å². The van der Waals surface area contributed by atoms with Gasteiger partial charge in [-0.05, 0) is 29.3 Å². The maximum absolute atomic E-state index is 5.70. The summed E-state index contributed by atoms with van der Waals surface area (Å²) < 4.78 is 5.70. The molecule has 0 saturated carbocycles. The van der Waals surface area contributed by atoms with Gasteiger partial charge in [0.15, 0.2) is 0 Å². The molecule has 3 heteroatoms. The summed E-state index contributed by atoms with van der Waals surface area (Å²) in [6.45, 7) is 0.678. The largest absolute Gasteiger partial charge is 0.493 e. The Hall–Kier alpha value is -1.35. The van der Waals surface area contributed by atoms with E-state index >= 15 is 0 Å². The highest BCUT2D eigenvalue weighted by atomic mass is 79.9. The Morgan fingerprint density at radius 1 is 1.12 bits per heavy atom. The summed E-state index contributed by atoms with van der Waals surface area (Å²) in [6.07, 6.45) is 4.54. The van der Waals surface area contributed by atoms with Crippen molar-refractivity contribution in [3.8, 4) is 5.75 Å². The summed E-state index contributed by atoms with van der Waals surface area (Å²) in [6, 6.07) is 12.1. The summed E-state index contributed by atoms with van der Waals surface area (Å²) >= 11 is 3.43. The highest BCUT2D eigenvalue weighted by Gasteiger charge is 1.97. The zero-order valence-electron chi connectivity index (χ0n) is 9.47. The van der Waals surface area contributed by atoms with E-state index in [2.05, 4.69) is 39.1 Å². The molecule has 1 aromatic carbocycles. The number of alkyl halides is 1. The van der Waals surface area contributed by atoms with Crippen LogP contribution in [0, 0.1) is 0 Å². The molecule has 0 aliphatic rings. The Balaban J connectivity index is 1.86. The van der Waals surface area contributed by atoms with E-state index in [1.165, 1.54) is 11.1 Å². The van der Waals surface area contributed by atoms with Gasteiger partial charge in [-0.2, -0.15) is 0 Å². The number of ether oxygens (including phenoxy) is 1. The molecule has 0 saturated heterocycles. The van der Waals surface area contributed by atoms with E-state index in [1.54, 1.807) is 6.20 Å². The van der Waals surface area contributed by atoms with Gasteiger partial charge in [-0.15, -0.1) is 0 Å². The standard InChI is InChI=1S/C14H14BrNO/c15-10-13-3-1-5-14(9-13)17-8-6-12-4-2-7-16-11-12/h1-5,7,9,11H,6,8,10H2. The average molecular weight is 292 g/mol. The third-order valence-electron chi connectivity index (χ3n) is 2.44. The predicted molar refractivity (Wildman–Crippen MR) is 72.5 cm³/mol. The molecule has 2 rings (SSSR count). The lowest BCUT2D eigenvalue weighted by Crippen LogP contribution is -2.01. The minimum atomic E-state index is 0.678. The topological polar surface area (TPSA) is 22.1 Å². The molecular weight excluding hydrogens is 278 g/mol. The van der Waals surface area contributed by atoms with Crippen LogP contribution in [-0.4, -0.2) is 11.6 Å². The van der Waals surface area contributed by atoms with E-state index < -0.39 is 0 Å². The van der Waals surface area contributed by atoms with E-state index in [0.717, 1.165) is 17.5 Å². The van der Waals surface area contributed by atoms with Gasteiger partial charge in [-0.3, -0.25) is 4.98 Å². The van der Waals surface area contributed by atoms with Gasteiger partial charge >= 0.3 is 0 Å². The van der Waals surface area contributed by atoms with Crippen molar-refractivity contribution in [3.05, 3.63) is 59.9 Å². The van der Waals surface area contributed by atoms with Crippen LogP contribution in [-0.2, 0) is 11.8 Å². The highest BCUT2D eigenvalue weighted by Crippen LogP contribution is 2.15. The third-order valence-corrected chi connectivity index (χ3v) is 3.08. The molecule has 0 spiro atoms. The zero-order chi connectivity index (χ0) is 11.9. The van der Waals surface area contributed by atoms with E-state index in [0.29, 0.717) is 6.61 Å². The SMILES string of the molecule is BrCc1cccc(OCCc2cccnc2)c1. The molecule has 0 atom stereocenters. The van der Waals surface area contributed by atoms with Gasteiger partial charge < -0.3 is 4.74 Å². The number of benzene rings is 1. The van der Waals surface area contributed by atoms with Crippen LogP contribution in [0.5, 0.6) is 5.75 Å². The van der Waals surface area contributed by atoms with Crippen LogP contribution in [0.2, 0.25) is 0 Å².